The number of hydrogen-bond donors (Lipinski definition) is 3. The zero-order chi connectivity index (χ0) is 37.5. The zero-order valence-corrected chi connectivity index (χ0v) is 27.1. The van der Waals surface area contributed by atoms with Crippen LogP contribution in [0.4, 0.5) is 30.7 Å². The van der Waals surface area contributed by atoms with Crippen LogP contribution in [0.15, 0.2) is 71.4 Å². The second-order valence-corrected chi connectivity index (χ2v) is 12.2. The summed E-state index contributed by atoms with van der Waals surface area (Å²) in [6, 6.07) is 8.63. The average Bonchev–Trinajstić information content (AvgIpc) is 3.82. The van der Waals surface area contributed by atoms with Crippen molar-refractivity contribution < 1.29 is 54.9 Å². The number of hydrogen-bond acceptors (Lipinski definition) is 7. The fraction of sp³-hybridized carbons (Fsp3) is 0.314. The van der Waals surface area contributed by atoms with E-state index in [9.17, 15) is 45.4 Å². The Morgan fingerprint density at radius 3 is 2.35 bits per heavy atom. The highest BCUT2D eigenvalue weighted by molar-refractivity contribution is 5.96. The molecule has 270 valence electrons. The van der Waals surface area contributed by atoms with Crippen LogP contribution in [0.5, 0.6) is 11.5 Å². The fourth-order valence-electron chi connectivity index (χ4n) is 5.44. The van der Waals surface area contributed by atoms with Gasteiger partial charge in [0.2, 0.25) is 11.5 Å². The summed E-state index contributed by atoms with van der Waals surface area (Å²) in [6.07, 6.45) is -7.81. The molecule has 3 aromatic rings. The Bertz CT molecular complexity index is 1940. The molecule has 2 aliphatic rings. The van der Waals surface area contributed by atoms with Crippen molar-refractivity contribution in [3.63, 3.8) is 0 Å². The fourth-order valence-corrected chi connectivity index (χ4v) is 5.44. The molecule has 2 amide bonds. The van der Waals surface area contributed by atoms with Crippen molar-refractivity contribution in [2.45, 2.75) is 56.2 Å². The molecule has 2 heterocycles. The number of pyridine rings is 1. The molecule has 2 aromatic carbocycles. The highest BCUT2D eigenvalue weighted by atomic mass is 19.4. The number of aromatic nitrogens is 1. The number of nitrogens with two attached hydrogens (primary N) is 1. The van der Waals surface area contributed by atoms with Gasteiger partial charge in [-0.2, -0.15) is 26.3 Å². The number of nitrogens with one attached hydrogen (secondary N) is 1. The SMILES string of the molecule is C=N/C=C(\C(=C/C)c1ccc(C(=O)NCC(O)(c2cc3c(c(-c4ccc(F)cc4)n2)OC[C@]3(C)C(N)=O)C(F)(F)F)cc1OC1CC1)C(F)(F)F. The number of amides is 2. The molecule has 1 unspecified atom stereocenters. The maximum atomic E-state index is 14.8. The number of rotatable bonds is 11. The van der Waals surface area contributed by atoms with E-state index in [1.807, 2.05) is 5.32 Å². The number of allylic oxidation sites excluding steroid dienone is 3. The smallest absolute Gasteiger partial charge is 0.424 e. The Balaban J connectivity index is 1.54. The van der Waals surface area contributed by atoms with Crippen LogP contribution < -0.4 is 20.5 Å². The lowest BCUT2D eigenvalue weighted by Crippen LogP contribution is -2.51. The number of ether oxygens (including phenoxy) is 2. The lowest BCUT2D eigenvalue weighted by atomic mass is 9.81. The van der Waals surface area contributed by atoms with Crippen LogP contribution in [-0.2, 0) is 15.8 Å². The Hall–Kier alpha value is -5.25. The summed E-state index contributed by atoms with van der Waals surface area (Å²) in [6.45, 7) is 3.92. The van der Waals surface area contributed by atoms with Crippen molar-refractivity contribution in [2.24, 2.45) is 10.7 Å². The summed E-state index contributed by atoms with van der Waals surface area (Å²) in [4.78, 5) is 33.1. The molecule has 5 rings (SSSR count). The average molecular weight is 721 g/mol. The van der Waals surface area contributed by atoms with E-state index in [1.165, 1.54) is 32.1 Å². The van der Waals surface area contributed by atoms with Gasteiger partial charge >= 0.3 is 12.4 Å². The predicted octanol–water partition coefficient (Wildman–Crippen LogP) is 6.29. The molecule has 1 fully saturated rings. The van der Waals surface area contributed by atoms with E-state index >= 15 is 0 Å². The second kappa shape index (κ2) is 13.5. The van der Waals surface area contributed by atoms with Gasteiger partial charge in [0.1, 0.15) is 35.0 Å². The molecular formula is C35H31F7N4O5. The molecule has 1 saturated carbocycles. The number of aliphatic hydroxyl groups is 1. The van der Waals surface area contributed by atoms with Crippen molar-refractivity contribution in [3.05, 3.63) is 94.6 Å². The van der Waals surface area contributed by atoms with Gasteiger partial charge in [-0.05, 0) is 87.5 Å². The first-order chi connectivity index (χ1) is 23.8. The summed E-state index contributed by atoms with van der Waals surface area (Å²) in [7, 11) is 0. The number of carbonyl (C=O) groups is 2. The highest BCUT2D eigenvalue weighted by Gasteiger charge is 2.58. The Labute approximate surface area is 286 Å². The van der Waals surface area contributed by atoms with E-state index in [4.69, 9.17) is 15.2 Å². The van der Waals surface area contributed by atoms with Gasteiger partial charge in [-0.1, -0.05) is 6.08 Å². The van der Waals surface area contributed by atoms with E-state index in [0.29, 0.717) is 19.0 Å². The Morgan fingerprint density at radius 2 is 1.80 bits per heavy atom. The number of halogens is 7. The van der Waals surface area contributed by atoms with Crippen LogP contribution in [0.1, 0.15) is 53.9 Å². The first-order valence-corrected chi connectivity index (χ1v) is 15.4. The third-order valence-electron chi connectivity index (χ3n) is 8.59. The van der Waals surface area contributed by atoms with Gasteiger partial charge < -0.3 is 25.6 Å². The quantitative estimate of drug-likeness (QED) is 0.121. The van der Waals surface area contributed by atoms with Crippen LogP contribution in [-0.4, -0.2) is 60.2 Å². The number of primary amides is 1. The maximum absolute atomic E-state index is 14.8. The number of nitrogens with zero attached hydrogens (tertiary/aromatic N) is 2. The summed E-state index contributed by atoms with van der Waals surface area (Å²) >= 11 is 0. The van der Waals surface area contributed by atoms with Crippen LogP contribution in [0.2, 0.25) is 0 Å². The van der Waals surface area contributed by atoms with Gasteiger partial charge in [-0.15, -0.1) is 0 Å². The minimum atomic E-state index is -5.48. The topological polar surface area (TPSA) is 136 Å². The summed E-state index contributed by atoms with van der Waals surface area (Å²) < 4.78 is 111. The largest absolute Gasteiger partial charge is 0.490 e. The molecule has 51 heavy (non-hydrogen) atoms. The molecule has 0 spiro atoms. The van der Waals surface area contributed by atoms with Crippen molar-refractivity contribution >= 4 is 24.1 Å². The first kappa shape index (κ1) is 37.0. The number of aliphatic imine (C=N–C) groups is 1. The van der Waals surface area contributed by atoms with Gasteiger partial charge in [0, 0.05) is 28.5 Å². The standard InChI is InChI=1S/C35H31F7N4O5/c1-4-22(25(15-44-3)34(37,38)39)23-12-7-19(13-26(23)51-21-10-11-21)30(47)45-16-33(49,35(40,41)42)27-14-24-29(50-17-32(24,2)31(43)48)28(46-27)18-5-8-20(36)9-6-18/h4-9,12-15,21,49H,3,10-11,16-17H2,1-2H3,(H2,43,48)(H,45,47)/b22-4-,25-15+/t32-,33?/m0/s1. The monoisotopic (exact) mass is 720 g/mol. The van der Waals surface area contributed by atoms with Crippen LogP contribution in [0.3, 0.4) is 0 Å². The molecule has 0 bridgehead atoms. The third kappa shape index (κ3) is 7.18. The second-order valence-electron chi connectivity index (χ2n) is 12.2. The van der Waals surface area contributed by atoms with Gasteiger partial charge in [0.15, 0.2) is 0 Å². The zero-order valence-electron chi connectivity index (χ0n) is 27.1. The van der Waals surface area contributed by atoms with Crippen molar-refractivity contribution in [1.82, 2.24) is 10.3 Å². The first-order valence-electron chi connectivity index (χ1n) is 15.4. The Kier molecular flexibility index (Phi) is 9.77. The van der Waals surface area contributed by atoms with Crippen molar-refractivity contribution in [1.29, 1.82) is 0 Å². The van der Waals surface area contributed by atoms with E-state index < -0.39 is 58.8 Å². The van der Waals surface area contributed by atoms with Gasteiger partial charge in [0.25, 0.3) is 5.91 Å². The van der Waals surface area contributed by atoms with Crippen LogP contribution in [0, 0.1) is 5.82 Å². The number of carbonyl (C=O) groups excluding carboxylic acids is 2. The lowest BCUT2D eigenvalue weighted by molar-refractivity contribution is -0.265. The van der Waals surface area contributed by atoms with Crippen molar-refractivity contribution in [2.75, 3.05) is 13.2 Å². The van der Waals surface area contributed by atoms with Gasteiger partial charge in [-0.25, -0.2) is 9.37 Å². The molecule has 2 atom stereocenters. The predicted molar refractivity (Wildman–Crippen MR) is 171 cm³/mol. The van der Waals surface area contributed by atoms with Crippen LogP contribution >= 0.6 is 0 Å². The number of benzene rings is 2. The minimum Gasteiger partial charge on any atom is -0.490 e. The molecule has 1 aromatic heterocycles. The molecule has 16 heteroatoms. The van der Waals surface area contributed by atoms with E-state index in [2.05, 4.69) is 16.7 Å². The molecule has 0 saturated heterocycles. The molecule has 1 aliphatic carbocycles. The number of fused-ring (bicyclic) bond motifs is 1. The van der Waals surface area contributed by atoms with Gasteiger partial charge in [-0.3, -0.25) is 14.6 Å². The molecule has 1 aliphatic heterocycles. The summed E-state index contributed by atoms with van der Waals surface area (Å²) in [5, 5.41) is 13.4. The van der Waals surface area contributed by atoms with Gasteiger partial charge in [0.05, 0.1) is 23.9 Å². The molecule has 9 nitrogen and oxygen atoms in total. The van der Waals surface area contributed by atoms with E-state index in [0.717, 1.165) is 36.4 Å². The van der Waals surface area contributed by atoms with E-state index in [-0.39, 0.29) is 57.7 Å². The highest BCUT2D eigenvalue weighted by Crippen LogP contribution is 2.48. The minimum absolute atomic E-state index is 0.0599. The lowest BCUT2D eigenvalue weighted by Gasteiger charge is -2.31. The third-order valence-corrected chi connectivity index (χ3v) is 8.59. The Morgan fingerprint density at radius 1 is 1.14 bits per heavy atom. The maximum Gasteiger partial charge on any atom is 0.424 e. The number of alkyl halides is 6. The molecular weight excluding hydrogens is 689 g/mol. The van der Waals surface area contributed by atoms with Crippen LogP contribution in [0.25, 0.3) is 16.8 Å². The van der Waals surface area contributed by atoms with Crippen molar-refractivity contribution in [3.8, 4) is 22.8 Å². The summed E-state index contributed by atoms with van der Waals surface area (Å²) in [5.74, 6) is -2.98. The van der Waals surface area contributed by atoms with E-state index in [1.54, 1.807) is 0 Å². The molecule has 4 N–H and O–H groups in total. The normalized spacial score (nSPS) is 19.1. The molecule has 0 radical (unpaired) electrons. The summed E-state index contributed by atoms with van der Waals surface area (Å²) in [5.41, 5.74) is -3.08.